The predicted molar refractivity (Wildman–Crippen MR) is 122 cm³/mol. The van der Waals surface area contributed by atoms with E-state index < -0.39 is 5.41 Å². The van der Waals surface area contributed by atoms with Crippen LogP contribution in [-0.4, -0.2) is 38.2 Å². The summed E-state index contributed by atoms with van der Waals surface area (Å²) >= 11 is 0. The van der Waals surface area contributed by atoms with Crippen LogP contribution in [-0.2, 0) is 11.8 Å². The van der Waals surface area contributed by atoms with Crippen LogP contribution < -0.4 is 16.2 Å². The van der Waals surface area contributed by atoms with E-state index in [-0.39, 0.29) is 17.0 Å². The van der Waals surface area contributed by atoms with Crippen molar-refractivity contribution >= 4 is 17.0 Å². The molecule has 9 nitrogen and oxygen atoms in total. The van der Waals surface area contributed by atoms with Gasteiger partial charge in [0.15, 0.2) is 5.65 Å². The molecule has 2 aliphatic carbocycles. The van der Waals surface area contributed by atoms with Crippen molar-refractivity contribution in [2.45, 2.75) is 43.6 Å². The Morgan fingerprint density at radius 1 is 1.15 bits per heavy atom. The first-order chi connectivity index (χ1) is 16.1. The fraction of sp³-hybridized carbons (Fsp3) is 0.417. The Balaban J connectivity index is 1.17. The van der Waals surface area contributed by atoms with Gasteiger partial charge in [0, 0.05) is 19.1 Å². The zero-order valence-electron chi connectivity index (χ0n) is 18.2. The first-order valence-corrected chi connectivity index (χ1v) is 11.6. The van der Waals surface area contributed by atoms with Crippen LogP contribution in [0.1, 0.15) is 54.4 Å². The highest BCUT2D eigenvalue weighted by Gasteiger charge is 2.53. The van der Waals surface area contributed by atoms with Gasteiger partial charge in [0.2, 0.25) is 11.8 Å². The first kappa shape index (κ1) is 19.0. The Morgan fingerprint density at radius 3 is 2.70 bits per heavy atom. The minimum absolute atomic E-state index is 0.0606. The molecular weight excluding hydrogens is 418 g/mol. The van der Waals surface area contributed by atoms with Crippen molar-refractivity contribution in [3.05, 3.63) is 69.8 Å². The quantitative estimate of drug-likeness (QED) is 0.444. The van der Waals surface area contributed by atoms with Crippen LogP contribution in [0.4, 0.5) is 5.95 Å². The number of anilines is 1. The molecule has 0 amide bonds. The summed E-state index contributed by atoms with van der Waals surface area (Å²) in [6.07, 6.45) is 7.84. The summed E-state index contributed by atoms with van der Waals surface area (Å²) in [7, 11) is 0. The number of aromatic amines is 2. The third kappa shape index (κ3) is 2.62. The maximum absolute atomic E-state index is 13.2. The summed E-state index contributed by atoms with van der Waals surface area (Å²) in [5.41, 5.74) is 10.0. The van der Waals surface area contributed by atoms with Gasteiger partial charge in [0.1, 0.15) is 11.6 Å². The highest BCUT2D eigenvalue weighted by atomic mass is 16.3. The summed E-state index contributed by atoms with van der Waals surface area (Å²) in [6.45, 7) is 1.61. The number of nitrogens with one attached hydrogen (secondary N) is 2. The first-order valence-electron chi connectivity index (χ1n) is 11.6. The highest BCUT2D eigenvalue weighted by Crippen LogP contribution is 2.53. The molecule has 1 atom stereocenters. The molecule has 0 bridgehead atoms. The Kier molecular flexibility index (Phi) is 3.77. The predicted octanol–water partition coefficient (Wildman–Crippen LogP) is 2.56. The third-order valence-corrected chi connectivity index (χ3v) is 8.11. The largest absolute Gasteiger partial charge is 0.448 e. The standard InChI is InChI=1S/C24H25N7O2/c25-17-15-4-2-1-3-14(15)13-23(17)7-10-31(11-8-23)22-27-19-16(20(32)28-22)18(29-30-19)24(5-6-24)21-26-9-12-33-21/h1-4,9,12,17H,5-8,10-11,13,25H2,(H2,27,28,29,30,32)/t17-/m1/s1. The van der Waals surface area contributed by atoms with Gasteiger partial charge in [-0.2, -0.15) is 10.1 Å². The van der Waals surface area contributed by atoms with Crippen molar-refractivity contribution in [3.8, 4) is 0 Å². The number of rotatable bonds is 3. The average molecular weight is 444 g/mol. The third-order valence-electron chi connectivity index (χ3n) is 8.11. The smallest absolute Gasteiger partial charge is 0.263 e. The number of fused-ring (bicyclic) bond motifs is 2. The Hall–Kier alpha value is -3.46. The van der Waals surface area contributed by atoms with Crippen LogP contribution in [0.3, 0.4) is 0 Å². The molecule has 7 rings (SSSR count). The summed E-state index contributed by atoms with van der Waals surface area (Å²) in [5.74, 6) is 1.19. The van der Waals surface area contributed by atoms with E-state index in [1.54, 1.807) is 12.5 Å². The normalized spacial score (nSPS) is 22.7. The lowest BCUT2D eigenvalue weighted by atomic mass is 9.73. The van der Waals surface area contributed by atoms with Crippen molar-refractivity contribution in [3.63, 3.8) is 0 Å². The van der Waals surface area contributed by atoms with Crippen LogP contribution in [0, 0.1) is 5.41 Å². The zero-order chi connectivity index (χ0) is 22.2. The van der Waals surface area contributed by atoms with E-state index in [9.17, 15) is 4.79 Å². The van der Waals surface area contributed by atoms with Gasteiger partial charge >= 0.3 is 0 Å². The summed E-state index contributed by atoms with van der Waals surface area (Å²) in [4.78, 5) is 27.4. The van der Waals surface area contributed by atoms with Crippen LogP contribution in [0.5, 0.6) is 0 Å². The SMILES string of the molecule is N[C@@H]1c2ccccc2CC12CCN(c1nc3[nH]nc(C4(c5ncco5)CC4)c3c(=O)[nH]1)CC2. The highest BCUT2D eigenvalue weighted by molar-refractivity contribution is 5.80. The lowest BCUT2D eigenvalue weighted by molar-refractivity contribution is 0.187. The van der Waals surface area contributed by atoms with Gasteiger partial charge in [-0.25, -0.2) is 4.98 Å². The topological polar surface area (TPSA) is 130 Å². The summed E-state index contributed by atoms with van der Waals surface area (Å²) < 4.78 is 5.55. The second-order valence-electron chi connectivity index (χ2n) is 9.81. The number of H-pyrrole nitrogens is 2. The Labute approximate surface area is 189 Å². The van der Waals surface area contributed by atoms with Gasteiger partial charge in [-0.15, -0.1) is 0 Å². The number of aromatic nitrogens is 5. The molecule has 168 valence electrons. The maximum atomic E-state index is 13.2. The summed E-state index contributed by atoms with van der Waals surface area (Å²) in [5, 5.41) is 7.96. The van der Waals surface area contributed by atoms with Gasteiger partial charge in [-0.05, 0) is 48.6 Å². The van der Waals surface area contributed by atoms with Gasteiger partial charge in [0.25, 0.3) is 5.56 Å². The molecule has 33 heavy (non-hydrogen) atoms. The minimum atomic E-state index is -0.428. The van der Waals surface area contributed by atoms with Crippen molar-refractivity contribution in [2.75, 3.05) is 18.0 Å². The second-order valence-corrected chi connectivity index (χ2v) is 9.81. The molecule has 0 radical (unpaired) electrons. The van der Waals surface area contributed by atoms with Crippen molar-refractivity contribution in [1.29, 1.82) is 0 Å². The zero-order valence-corrected chi connectivity index (χ0v) is 18.2. The van der Waals surface area contributed by atoms with Crippen LogP contribution in [0.15, 0.2) is 45.9 Å². The van der Waals surface area contributed by atoms with E-state index in [2.05, 4.69) is 49.3 Å². The summed E-state index contributed by atoms with van der Waals surface area (Å²) in [6, 6.07) is 8.59. The fourth-order valence-electron chi connectivity index (χ4n) is 6.03. The molecule has 2 fully saturated rings. The van der Waals surface area contributed by atoms with Gasteiger partial charge in [-0.3, -0.25) is 14.9 Å². The van der Waals surface area contributed by atoms with E-state index in [4.69, 9.17) is 15.1 Å². The molecule has 4 N–H and O–H groups in total. The molecule has 1 aromatic carbocycles. The number of hydrogen-bond donors (Lipinski definition) is 3. The van der Waals surface area contributed by atoms with E-state index in [0.29, 0.717) is 28.6 Å². The van der Waals surface area contributed by atoms with Crippen LogP contribution in [0.2, 0.25) is 0 Å². The van der Waals surface area contributed by atoms with Crippen LogP contribution in [0.25, 0.3) is 11.0 Å². The average Bonchev–Trinajstić information content (AvgIpc) is 3.17. The lowest BCUT2D eigenvalue weighted by Crippen LogP contribution is -2.45. The Morgan fingerprint density at radius 2 is 1.97 bits per heavy atom. The molecule has 4 heterocycles. The van der Waals surface area contributed by atoms with E-state index in [0.717, 1.165) is 45.2 Å². The fourth-order valence-corrected chi connectivity index (χ4v) is 6.03. The minimum Gasteiger partial charge on any atom is -0.448 e. The number of nitrogens with two attached hydrogens (primary N) is 1. The molecule has 4 aromatic rings. The van der Waals surface area contributed by atoms with E-state index in [1.807, 2.05) is 0 Å². The van der Waals surface area contributed by atoms with Crippen molar-refractivity contribution in [2.24, 2.45) is 11.1 Å². The number of oxazole rings is 1. The molecule has 1 saturated carbocycles. The second kappa shape index (κ2) is 6.54. The number of benzene rings is 1. The molecule has 1 saturated heterocycles. The van der Waals surface area contributed by atoms with Crippen LogP contribution >= 0.6 is 0 Å². The van der Waals surface area contributed by atoms with Gasteiger partial charge in [0.05, 0.1) is 17.3 Å². The molecule has 0 unspecified atom stereocenters. The molecular formula is C24H25N7O2. The maximum Gasteiger partial charge on any atom is 0.263 e. The Bertz CT molecular complexity index is 1410. The molecule has 1 spiro atoms. The van der Waals surface area contributed by atoms with Gasteiger partial charge in [-0.1, -0.05) is 24.3 Å². The lowest BCUT2D eigenvalue weighted by Gasteiger charge is -2.42. The molecule has 9 heteroatoms. The van der Waals surface area contributed by atoms with E-state index in [1.165, 1.54) is 11.1 Å². The van der Waals surface area contributed by atoms with Crippen molar-refractivity contribution in [1.82, 2.24) is 25.1 Å². The number of nitrogens with zero attached hydrogens (tertiary/aromatic N) is 4. The molecule has 3 aliphatic rings. The van der Waals surface area contributed by atoms with E-state index >= 15 is 0 Å². The van der Waals surface area contributed by atoms with Crippen molar-refractivity contribution < 1.29 is 4.42 Å². The monoisotopic (exact) mass is 443 g/mol. The number of hydrogen-bond acceptors (Lipinski definition) is 7. The number of piperidine rings is 1. The molecule has 3 aromatic heterocycles. The van der Waals surface area contributed by atoms with Gasteiger partial charge < -0.3 is 15.1 Å². The molecule has 1 aliphatic heterocycles.